The zero-order valence-corrected chi connectivity index (χ0v) is 9.65. The molecule has 1 aromatic carbocycles. The van der Waals surface area contributed by atoms with E-state index in [9.17, 15) is 9.90 Å². The maximum Gasteiger partial charge on any atom is 0.326 e. The smallest absolute Gasteiger partial charge is 0.326 e. The molecule has 1 rings (SSSR count). The zero-order chi connectivity index (χ0) is 12.3. The van der Waals surface area contributed by atoms with Crippen molar-refractivity contribution < 1.29 is 25.2 Å². The molecule has 6 N–H and O–H groups in total. The van der Waals surface area contributed by atoms with Gasteiger partial charge in [0.25, 0.3) is 0 Å². The van der Waals surface area contributed by atoms with Crippen LogP contribution in [0.4, 0.5) is 0 Å². The summed E-state index contributed by atoms with van der Waals surface area (Å²) >= 11 is 0. The fraction of sp³-hybridized carbons (Fsp3) is 0.300. The topological polar surface area (TPSA) is 124 Å². The van der Waals surface area contributed by atoms with Crippen LogP contribution in [-0.4, -0.2) is 38.5 Å². The summed E-state index contributed by atoms with van der Waals surface area (Å²) in [6.45, 7) is -0.718. The molecule has 0 aliphatic rings. The van der Waals surface area contributed by atoms with Crippen molar-refractivity contribution in [3.8, 4) is 11.5 Å². The van der Waals surface area contributed by atoms with Gasteiger partial charge in [0.1, 0.15) is 5.54 Å². The molecule has 0 bridgehead atoms. The van der Waals surface area contributed by atoms with Crippen molar-refractivity contribution in [1.29, 1.82) is 0 Å². The first-order valence-corrected chi connectivity index (χ1v) is 4.53. The minimum atomic E-state index is -1.79. The van der Waals surface area contributed by atoms with Crippen LogP contribution in [0.2, 0.25) is 0 Å². The number of hydrogen-bond donors (Lipinski definition) is 5. The van der Waals surface area contributed by atoms with Gasteiger partial charge in [-0.05, 0) is 17.7 Å². The molecular weight excluding hydrogens is 250 g/mol. The minimum absolute atomic E-state index is 0. The van der Waals surface area contributed by atoms with Crippen molar-refractivity contribution in [2.24, 2.45) is 5.73 Å². The molecule has 1 atom stereocenters. The Morgan fingerprint density at radius 1 is 1.29 bits per heavy atom. The van der Waals surface area contributed by atoms with Gasteiger partial charge in [0, 0.05) is 6.42 Å². The monoisotopic (exact) mass is 263 g/mol. The summed E-state index contributed by atoms with van der Waals surface area (Å²) in [6.07, 6.45) is -0.146. The molecule has 0 spiro atoms. The van der Waals surface area contributed by atoms with E-state index >= 15 is 0 Å². The zero-order valence-electron chi connectivity index (χ0n) is 8.83. The van der Waals surface area contributed by atoms with E-state index in [0.717, 1.165) is 0 Å². The Hall–Kier alpha value is -1.50. The Morgan fingerprint density at radius 2 is 1.88 bits per heavy atom. The lowest BCUT2D eigenvalue weighted by Crippen LogP contribution is -2.53. The van der Waals surface area contributed by atoms with Crippen molar-refractivity contribution in [2.75, 3.05) is 6.61 Å². The lowest BCUT2D eigenvalue weighted by molar-refractivity contribution is -0.144. The average molecular weight is 264 g/mol. The summed E-state index contributed by atoms with van der Waals surface area (Å²) in [6, 6.07) is 3.86. The quantitative estimate of drug-likeness (QED) is 0.481. The van der Waals surface area contributed by atoms with E-state index in [0.29, 0.717) is 5.56 Å². The highest BCUT2D eigenvalue weighted by Crippen LogP contribution is 2.26. The fourth-order valence-corrected chi connectivity index (χ4v) is 1.24. The van der Waals surface area contributed by atoms with Gasteiger partial charge >= 0.3 is 5.97 Å². The lowest BCUT2D eigenvalue weighted by Gasteiger charge is -2.21. The summed E-state index contributed by atoms with van der Waals surface area (Å²) in [5.74, 6) is -1.99. The molecule has 0 radical (unpaired) electrons. The van der Waals surface area contributed by atoms with Crippen LogP contribution in [-0.2, 0) is 11.2 Å². The summed E-state index contributed by atoms with van der Waals surface area (Å²) < 4.78 is 0. The summed E-state index contributed by atoms with van der Waals surface area (Å²) in [7, 11) is 0. The second-order valence-electron chi connectivity index (χ2n) is 3.62. The Kier molecular flexibility index (Phi) is 5.21. The van der Waals surface area contributed by atoms with Crippen LogP contribution >= 0.6 is 12.4 Å². The summed E-state index contributed by atoms with van der Waals surface area (Å²) in [5.41, 5.74) is 4.09. The van der Waals surface area contributed by atoms with E-state index in [1.165, 1.54) is 18.2 Å². The van der Waals surface area contributed by atoms with Crippen LogP contribution in [0.25, 0.3) is 0 Å². The number of carbonyl (C=O) groups is 1. The second-order valence-corrected chi connectivity index (χ2v) is 3.62. The van der Waals surface area contributed by atoms with Gasteiger partial charge in [-0.25, -0.2) is 0 Å². The minimum Gasteiger partial charge on any atom is -0.504 e. The number of benzene rings is 1. The molecular formula is C10H14ClNO5. The van der Waals surface area contributed by atoms with Crippen LogP contribution in [0.1, 0.15) is 5.56 Å². The van der Waals surface area contributed by atoms with Crippen LogP contribution in [0.5, 0.6) is 11.5 Å². The highest BCUT2D eigenvalue weighted by atomic mass is 35.5. The third-order valence-corrected chi connectivity index (χ3v) is 2.27. The Morgan fingerprint density at radius 3 is 2.29 bits per heavy atom. The van der Waals surface area contributed by atoms with Gasteiger partial charge in [-0.1, -0.05) is 6.07 Å². The molecule has 0 aliphatic carbocycles. The number of carboxylic acids is 1. The van der Waals surface area contributed by atoms with Crippen molar-refractivity contribution in [3.63, 3.8) is 0 Å². The number of aliphatic carboxylic acids is 1. The molecule has 7 heteroatoms. The van der Waals surface area contributed by atoms with Gasteiger partial charge in [0.05, 0.1) is 6.61 Å². The van der Waals surface area contributed by atoms with Gasteiger partial charge in [-0.15, -0.1) is 12.4 Å². The van der Waals surface area contributed by atoms with Gasteiger partial charge < -0.3 is 26.2 Å². The molecule has 0 aromatic heterocycles. The maximum absolute atomic E-state index is 10.8. The van der Waals surface area contributed by atoms with E-state index in [1.807, 2.05) is 0 Å². The number of hydrogen-bond acceptors (Lipinski definition) is 5. The number of phenolic OH excluding ortho intramolecular Hbond substituents is 2. The predicted octanol–water partition coefficient (Wildman–Crippen LogP) is -0.164. The highest BCUT2D eigenvalue weighted by molar-refractivity contribution is 5.85. The number of aliphatic hydroxyl groups is 1. The largest absolute Gasteiger partial charge is 0.504 e. The molecule has 0 amide bonds. The number of nitrogens with two attached hydrogens (primary N) is 1. The van der Waals surface area contributed by atoms with Crippen LogP contribution in [0.15, 0.2) is 18.2 Å². The first-order valence-electron chi connectivity index (χ1n) is 4.53. The molecule has 1 unspecified atom stereocenters. The number of aliphatic hydroxyl groups excluding tert-OH is 1. The molecule has 0 heterocycles. The third-order valence-electron chi connectivity index (χ3n) is 2.27. The lowest BCUT2D eigenvalue weighted by atomic mass is 9.92. The van der Waals surface area contributed by atoms with E-state index in [4.69, 9.17) is 21.1 Å². The predicted molar refractivity (Wildman–Crippen MR) is 62.4 cm³/mol. The number of carboxylic acid groups (broad SMARTS) is 1. The van der Waals surface area contributed by atoms with Crippen molar-refractivity contribution >= 4 is 18.4 Å². The molecule has 17 heavy (non-hydrogen) atoms. The average Bonchev–Trinajstić information content (AvgIpc) is 2.23. The standard InChI is InChI=1S/C10H13NO5.ClH/c11-10(5-12,9(15)16)4-6-1-2-7(13)8(14)3-6;/h1-3,12-14H,4-5,11H2,(H,15,16);1H. The number of halogens is 1. The van der Waals surface area contributed by atoms with Crippen molar-refractivity contribution in [2.45, 2.75) is 12.0 Å². The Balaban J connectivity index is 0.00000256. The number of phenols is 2. The van der Waals surface area contributed by atoms with E-state index < -0.39 is 18.1 Å². The Bertz CT molecular complexity index is 412. The number of rotatable bonds is 4. The maximum atomic E-state index is 10.8. The molecule has 0 saturated heterocycles. The van der Waals surface area contributed by atoms with Gasteiger partial charge in [0.15, 0.2) is 11.5 Å². The summed E-state index contributed by atoms with van der Waals surface area (Å²) in [4.78, 5) is 10.8. The van der Waals surface area contributed by atoms with Gasteiger partial charge in [0.2, 0.25) is 0 Å². The van der Waals surface area contributed by atoms with Crippen molar-refractivity contribution in [3.05, 3.63) is 23.8 Å². The van der Waals surface area contributed by atoms with Crippen LogP contribution < -0.4 is 5.73 Å². The Labute approximate surface area is 104 Å². The third kappa shape index (κ3) is 3.48. The SMILES string of the molecule is Cl.NC(CO)(Cc1ccc(O)c(O)c1)C(=O)O. The normalized spacial score (nSPS) is 13.5. The van der Waals surface area contributed by atoms with Crippen molar-refractivity contribution in [1.82, 2.24) is 0 Å². The van der Waals surface area contributed by atoms with Crippen LogP contribution in [0, 0.1) is 0 Å². The second kappa shape index (κ2) is 5.72. The molecule has 0 aliphatic heterocycles. The van der Waals surface area contributed by atoms with E-state index in [2.05, 4.69) is 0 Å². The summed E-state index contributed by atoms with van der Waals surface area (Å²) in [5, 5.41) is 36.0. The van der Waals surface area contributed by atoms with Gasteiger partial charge in [-0.3, -0.25) is 4.79 Å². The molecule has 6 nitrogen and oxygen atoms in total. The molecule has 0 saturated carbocycles. The van der Waals surface area contributed by atoms with Crippen LogP contribution in [0.3, 0.4) is 0 Å². The first-order chi connectivity index (χ1) is 7.39. The van der Waals surface area contributed by atoms with E-state index in [-0.39, 0.29) is 30.3 Å². The molecule has 96 valence electrons. The molecule has 0 fully saturated rings. The van der Waals surface area contributed by atoms with Gasteiger partial charge in [-0.2, -0.15) is 0 Å². The molecule has 1 aromatic rings. The fourth-order valence-electron chi connectivity index (χ4n) is 1.24. The highest BCUT2D eigenvalue weighted by Gasteiger charge is 2.33. The first kappa shape index (κ1) is 15.5. The number of aromatic hydroxyl groups is 2. The van der Waals surface area contributed by atoms with E-state index in [1.54, 1.807) is 0 Å².